The first-order valence-corrected chi connectivity index (χ1v) is 10.2. The number of ether oxygens (including phenoxy) is 2. The van der Waals surface area contributed by atoms with E-state index in [2.05, 4.69) is 4.74 Å². The van der Waals surface area contributed by atoms with Crippen molar-refractivity contribution in [3.8, 4) is 5.75 Å². The first kappa shape index (κ1) is 21.5. The molecule has 0 aliphatic heterocycles. The third kappa shape index (κ3) is 4.20. The second kappa shape index (κ2) is 9.08. The molecule has 0 saturated carbocycles. The molecule has 0 saturated heterocycles. The maximum absolute atomic E-state index is 13.3. The van der Waals surface area contributed by atoms with E-state index in [4.69, 9.17) is 15.5 Å². The fourth-order valence-electron chi connectivity index (χ4n) is 3.36. The number of esters is 1. The number of nitrogens with zero attached hydrogens (tertiary/aromatic N) is 2. The SMILES string of the molecule is COC(=O)CCCn1c(Cc2ccccc2OC)nc2sc(C(N)=O)c(C)c2c1=O. The number of hydrogen-bond acceptors (Lipinski definition) is 7. The molecule has 0 radical (unpaired) electrons. The van der Waals surface area contributed by atoms with Gasteiger partial charge in [0, 0.05) is 24.9 Å². The van der Waals surface area contributed by atoms with Gasteiger partial charge in [-0.2, -0.15) is 0 Å². The standard InChI is InChI=1S/C21H23N3O5S/c1-12-17-20(30-18(12)19(22)26)23-15(11-13-7-4-5-8-14(13)28-2)24(21(17)27)10-6-9-16(25)29-3/h4-5,7-8H,6,9-11H2,1-3H3,(H2,22,26). The first-order valence-electron chi connectivity index (χ1n) is 9.38. The lowest BCUT2D eigenvalue weighted by Gasteiger charge is -2.14. The summed E-state index contributed by atoms with van der Waals surface area (Å²) < 4.78 is 11.7. The molecule has 2 heterocycles. The number of aromatic nitrogens is 2. The lowest BCUT2D eigenvalue weighted by atomic mass is 10.1. The zero-order valence-electron chi connectivity index (χ0n) is 17.1. The summed E-state index contributed by atoms with van der Waals surface area (Å²) in [5.74, 6) is 0.289. The Morgan fingerprint density at radius 1 is 1.23 bits per heavy atom. The predicted octanol–water partition coefficient (Wildman–Crippen LogP) is 2.42. The van der Waals surface area contributed by atoms with Crippen LogP contribution in [-0.4, -0.2) is 35.6 Å². The van der Waals surface area contributed by atoms with Gasteiger partial charge in [0.05, 0.1) is 24.5 Å². The molecule has 0 bridgehead atoms. The van der Waals surface area contributed by atoms with E-state index in [0.29, 0.717) is 51.6 Å². The molecule has 1 aromatic carbocycles. The molecule has 1 amide bonds. The molecule has 0 atom stereocenters. The monoisotopic (exact) mass is 429 g/mol. The van der Waals surface area contributed by atoms with E-state index < -0.39 is 5.91 Å². The molecule has 0 aliphatic carbocycles. The maximum Gasteiger partial charge on any atom is 0.305 e. The first-order chi connectivity index (χ1) is 14.4. The van der Waals surface area contributed by atoms with Gasteiger partial charge in [0.1, 0.15) is 16.4 Å². The Bertz CT molecular complexity index is 1170. The average Bonchev–Trinajstić information content (AvgIpc) is 3.07. The summed E-state index contributed by atoms with van der Waals surface area (Å²) in [6.07, 6.45) is 0.963. The number of para-hydroxylation sites is 1. The smallest absolute Gasteiger partial charge is 0.305 e. The third-order valence-electron chi connectivity index (χ3n) is 4.88. The van der Waals surface area contributed by atoms with Gasteiger partial charge in [-0.3, -0.25) is 19.0 Å². The van der Waals surface area contributed by atoms with Crippen LogP contribution in [0.25, 0.3) is 10.2 Å². The molecular weight excluding hydrogens is 406 g/mol. The molecule has 158 valence electrons. The van der Waals surface area contributed by atoms with Gasteiger partial charge >= 0.3 is 5.97 Å². The minimum absolute atomic E-state index is 0.185. The number of methoxy groups -OCH3 is 2. The Morgan fingerprint density at radius 2 is 1.97 bits per heavy atom. The normalized spacial score (nSPS) is 10.9. The van der Waals surface area contributed by atoms with Gasteiger partial charge in [-0.15, -0.1) is 11.3 Å². The van der Waals surface area contributed by atoms with Crippen molar-refractivity contribution >= 4 is 33.4 Å². The quantitative estimate of drug-likeness (QED) is 0.550. The number of carbonyl (C=O) groups excluding carboxylic acids is 2. The van der Waals surface area contributed by atoms with Crippen molar-refractivity contribution in [2.24, 2.45) is 5.73 Å². The summed E-state index contributed by atoms with van der Waals surface area (Å²) in [5, 5.41) is 0.385. The number of primary amides is 1. The van der Waals surface area contributed by atoms with Crippen LogP contribution in [0.2, 0.25) is 0 Å². The van der Waals surface area contributed by atoms with Crippen LogP contribution in [0.15, 0.2) is 29.1 Å². The highest BCUT2D eigenvalue weighted by Crippen LogP contribution is 2.28. The van der Waals surface area contributed by atoms with Crippen LogP contribution in [0.4, 0.5) is 0 Å². The molecule has 3 rings (SSSR count). The van der Waals surface area contributed by atoms with Crippen LogP contribution in [0.3, 0.4) is 0 Å². The lowest BCUT2D eigenvalue weighted by molar-refractivity contribution is -0.140. The number of rotatable bonds is 8. The molecule has 2 N–H and O–H groups in total. The number of amides is 1. The Kier molecular flexibility index (Phi) is 6.51. The van der Waals surface area contributed by atoms with Crippen LogP contribution in [-0.2, 0) is 22.5 Å². The van der Waals surface area contributed by atoms with E-state index in [1.807, 2.05) is 24.3 Å². The highest BCUT2D eigenvalue weighted by atomic mass is 32.1. The van der Waals surface area contributed by atoms with Crippen molar-refractivity contribution in [2.75, 3.05) is 14.2 Å². The molecule has 3 aromatic rings. The highest BCUT2D eigenvalue weighted by molar-refractivity contribution is 7.20. The van der Waals surface area contributed by atoms with Gasteiger partial charge in [0.15, 0.2) is 0 Å². The van der Waals surface area contributed by atoms with Crippen LogP contribution >= 0.6 is 11.3 Å². The number of fused-ring (bicyclic) bond motifs is 1. The van der Waals surface area contributed by atoms with Crippen molar-refractivity contribution in [1.82, 2.24) is 9.55 Å². The summed E-state index contributed by atoms with van der Waals surface area (Å²) in [6.45, 7) is 1.99. The molecule has 2 aromatic heterocycles. The summed E-state index contributed by atoms with van der Waals surface area (Å²) in [6, 6.07) is 7.50. The summed E-state index contributed by atoms with van der Waals surface area (Å²) in [5.41, 5.74) is 6.61. The van der Waals surface area contributed by atoms with Crippen molar-refractivity contribution in [3.05, 3.63) is 56.4 Å². The van der Waals surface area contributed by atoms with Gasteiger partial charge in [-0.25, -0.2) is 4.98 Å². The molecule has 30 heavy (non-hydrogen) atoms. The van der Waals surface area contributed by atoms with E-state index >= 15 is 0 Å². The van der Waals surface area contributed by atoms with Gasteiger partial charge in [0.25, 0.3) is 11.5 Å². The average molecular weight is 429 g/mol. The number of hydrogen-bond donors (Lipinski definition) is 1. The molecule has 8 nitrogen and oxygen atoms in total. The van der Waals surface area contributed by atoms with Gasteiger partial charge in [0.2, 0.25) is 0 Å². The number of thiophene rings is 1. The van der Waals surface area contributed by atoms with E-state index in [-0.39, 0.29) is 17.9 Å². The Balaban J connectivity index is 2.12. The number of aryl methyl sites for hydroxylation is 1. The molecule has 0 spiro atoms. The summed E-state index contributed by atoms with van der Waals surface area (Å²) in [7, 11) is 2.91. The number of carbonyl (C=O) groups is 2. The second-order valence-corrected chi connectivity index (χ2v) is 7.75. The minimum atomic E-state index is -0.585. The fourth-order valence-corrected chi connectivity index (χ4v) is 4.40. The predicted molar refractivity (Wildman–Crippen MR) is 114 cm³/mol. The molecule has 0 unspecified atom stereocenters. The van der Waals surface area contributed by atoms with Gasteiger partial charge in [-0.1, -0.05) is 18.2 Å². The van der Waals surface area contributed by atoms with Gasteiger partial charge in [-0.05, 0) is 25.0 Å². The fraction of sp³-hybridized carbons (Fsp3) is 0.333. The molecule has 9 heteroatoms. The Hall–Kier alpha value is -3.20. The van der Waals surface area contributed by atoms with E-state index in [9.17, 15) is 14.4 Å². The van der Waals surface area contributed by atoms with Crippen molar-refractivity contribution in [3.63, 3.8) is 0 Å². The lowest BCUT2D eigenvalue weighted by Crippen LogP contribution is -2.26. The molecule has 0 fully saturated rings. The third-order valence-corrected chi connectivity index (χ3v) is 6.08. The number of nitrogens with two attached hydrogens (primary N) is 1. The molecular formula is C21H23N3O5S. The maximum atomic E-state index is 13.3. The van der Waals surface area contributed by atoms with Crippen molar-refractivity contribution < 1.29 is 19.1 Å². The minimum Gasteiger partial charge on any atom is -0.496 e. The van der Waals surface area contributed by atoms with E-state index in [1.165, 1.54) is 7.11 Å². The summed E-state index contributed by atoms with van der Waals surface area (Å²) >= 11 is 1.12. The topological polar surface area (TPSA) is 114 Å². The number of benzene rings is 1. The Labute approximate surface area is 177 Å². The second-order valence-electron chi connectivity index (χ2n) is 6.75. The van der Waals surface area contributed by atoms with E-state index in [1.54, 1.807) is 18.6 Å². The Morgan fingerprint density at radius 3 is 2.63 bits per heavy atom. The molecule has 0 aliphatic rings. The van der Waals surface area contributed by atoms with Crippen LogP contribution < -0.4 is 16.0 Å². The van der Waals surface area contributed by atoms with Crippen LogP contribution in [0.5, 0.6) is 5.75 Å². The van der Waals surface area contributed by atoms with Crippen LogP contribution in [0, 0.1) is 6.92 Å². The van der Waals surface area contributed by atoms with Crippen molar-refractivity contribution in [2.45, 2.75) is 32.7 Å². The van der Waals surface area contributed by atoms with E-state index in [0.717, 1.165) is 16.9 Å². The van der Waals surface area contributed by atoms with Gasteiger partial charge < -0.3 is 15.2 Å². The highest BCUT2D eigenvalue weighted by Gasteiger charge is 2.21. The van der Waals surface area contributed by atoms with Crippen molar-refractivity contribution in [1.29, 1.82) is 0 Å². The van der Waals surface area contributed by atoms with Crippen LogP contribution in [0.1, 0.15) is 39.5 Å². The largest absolute Gasteiger partial charge is 0.496 e. The summed E-state index contributed by atoms with van der Waals surface area (Å²) in [4.78, 5) is 42.1. The zero-order chi connectivity index (χ0) is 21.8. The zero-order valence-corrected chi connectivity index (χ0v) is 17.9.